The Morgan fingerprint density at radius 1 is 1.43 bits per heavy atom. The molecule has 0 spiro atoms. The smallest absolute Gasteiger partial charge is 0.285 e. The van der Waals surface area contributed by atoms with Crippen LogP contribution in [-0.2, 0) is 9.84 Å². The molecule has 1 aliphatic rings. The Morgan fingerprint density at radius 3 is 2.62 bits per heavy atom. The van der Waals surface area contributed by atoms with Crippen molar-refractivity contribution >= 4 is 33.0 Å². The topological polar surface area (TPSA) is 106 Å². The van der Waals surface area contributed by atoms with Gasteiger partial charge in [0.25, 0.3) is 11.6 Å². The highest BCUT2D eigenvalue weighted by molar-refractivity contribution is 7.91. The van der Waals surface area contributed by atoms with E-state index in [1.807, 2.05) is 0 Å². The molecule has 114 valence electrons. The van der Waals surface area contributed by atoms with E-state index in [2.05, 4.69) is 5.32 Å². The van der Waals surface area contributed by atoms with Gasteiger partial charge in [-0.3, -0.25) is 14.9 Å². The van der Waals surface area contributed by atoms with Gasteiger partial charge < -0.3 is 5.32 Å². The number of hydrogen-bond donors (Lipinski definition) is 1. The third kappa shape index (κ3) is 3.48. The molecule has 0 saturated carbocycles. The lowest BCUT2D eigenvalue weighted by Crippen LogP contribution is -2.40. The van der Waals surface area contributed by atoms with Gasteiger partial charge in [0.05, 0.1) is 33.9 Å². The van der Waals surface area contributed by atoms with Crippen LogP contribution in [0.3, 0.4) is 0 Å². The average molecular weight is 337 g/mol. The minimum absolute atomic E-state index is 0.273. The van der Waals surface area contributed by atoms with Crippen LogP contribution in [0, 0.1) is 15.9 Å². The van der Waals surface area contributed by atoms with E-state index in [1.165, 1.54) is 0 Å². The number of halogens is 2. The predicted molar refractivity (Wildman–Crippen MR) is 72.6 cm³/mol. The summed E-state index contributed by atoms with van der Waals surface area (Å²) in [5.41, 5.74) is -1.05. The lowest BCUT2D eigenvalue weighted by Gasteiger charge is -2.14. The van der Waals surface area contributed by atoms with Crippen molar-refractivity contribution < 1.29 is 22.5 Å². The molecule has 0 bridgehead atoms. The molecule has 0 aromatic heterocycles. The van der Waals surface area contributed by atoms with E-state index < -0.39 is 43.6 Å². The molecule has 7 nitrogen and oxygen atoms in total. The van der Waals surface area contributed by atoms with Crippen molar-refractivity contribution in [3.8, 4) is 0 Å². The molecule has 1 heterocycles. The lowest BCUT2D eigenvalue weighted by molar-refractivity contribution is -0.385. The molecular formula is C11H10ClFN2O5S. The van der Waals surface area contributed by atoms with Crippen LogP contribution in [-0.4, -0.2) is 42.2 Å². The highest BCUT2D eigenvalue weighted by Gasteiger charge is 2.38. The summed E-state index contributed by atoms with van der Waals surface area (Å²) in [4.78, 5) is 21.9. The van der Waals surface area contributed by atoms with Gasteiger partial charge in [0.15, 0.2) is 9.84 Å². The Balaban J connectivity index is 2.24. The first-order valence-electron chi connectivity index (χ1n) is 5.79. The molecule has 1 aliphatic heterocycles. The maximum atomic E-state index is 13.0. The first-order chi connectivity index (χ1) is 9.69. The summed E-state index contributed by atoms with van der Waals surface area (Å²) in [5.74, 6) is -2.32. The Morgan fingerprint density at radius 2 is 2.10 bits per heavy atom. The van der Waals surface area contributed by atoms with E-state index in [4.69, 9.17) is 11.6 Å². The zero-order valence-electron chi connectivity index (χ0n) is 10.5. The summed E-state index contributed by atoms with van der Waals surface area (Å²) in [6, 6.07) is 1.66. The van der Waals surface area contributed by atoms with Crippen LogP contribution in [0.25, 0.3) is 0 Å². The van der Waals surface area contributed by atoms with Crippen molar-refractivity contribution in [2.24, 2.45) is 0 Å². The number of amides is 1. The second-order valence-electron chi connectivity index (χ2n) is 4.59. The average Bonchev–Trinajstić information content (AvgIpc) is 2.61. The molecule has 1 fully saturated rings. The van der Waals surface area contributed by atoms with Crippen molar-refractivity contribution in [1.82, 2.24) is 5.32 Å². The molecule has 10 heteroatoms. The van der Waals surface area contributed by atoms with Gasteiger partial charge >= 0.3 is 0 Å². The molecule has 0 aliphatic carbocycles. The van der Waals surface area contributed by atoms with E-state index >= 15 is 0 Å². The van der Waals surface area contributed by atoms with Crippen molar-refractivity contribution in [2.75, 3.05) is 11.5 Å². The molecule has 1 aromatic rings. The third-order valence-electron chi connectivity index (χ3n) is 3.00. The van der Waals surface area contributed by atoms with Crippen molar-refractivity contribution in [1.29, 1.82) is 0 Å². The minimum Gasteiger partial charge on any atom is -0.347 e. The summed E-state index contributed by atoms with van der Waals surface area (Å²) in [7, 11) is -3.35. The van der Waals surface area contributed by atoms with Gasteiger partial charge in [-0.1, -0.05) is 0 Å². The van der Waals surface area contributed by atoms with Gasteiger partial charge in [0, 0.05) is 0 Å². The fourth-order valence-corrected chi connectivity index (χ4v) is 4.58. The summed E-state index contributed by atoms with van der Waals surface area (Å²) < 4.78 is 35.8. The van der Waals surface area contributed by atoms with Crippen LogP contribution in [0.5, 0.6) is 0 Å². The monoisotopic (exact) mass is 336 g/mol. The summed E-state index contributed by atoms with van der Waals surface area (Å²) in [5, 5.41) is 12.4. The predicted octanol–water partition coefficient (Wildman–Crippen LogP) is 0.868. The highest BCUT2D eigenvalue weighted by Crippen LogP contribution is 2.22. The molecule has 1 aromatic carbocycles. The summed E-state index contributed by atoms with van der Waals surface area (Å²) in [6.45, 7) is 0. The number of sulfone groups is 1. The zero-order chi connectivity index (χ0) is 15.8. The van der Waals surface area contributed by atoms with E-state index in [0.29, 0.717) is 6.07 Å². The standard InChI is InChI=1S/C11H10ClFN2O5S/c12-8-4-21(19,20)5-9(8)14-11(16)7-2-1-6(13)3-10(7)15(17)18/h1-3,8-9H,4-5H2,(H,14,16). The lowest BCUT2D eigenvalue weighted by atomic mass is 10.1. The quantitative estimate of drug-likeness (QED) is 0.500. The number of benzene rings is 1. The van der Waals surface area contributed by atoms with Gasteiger partial charge in [0.2, 0.25) is 0 Å². The van der Waals surface area contributed by atoms with Crippen LogP contribution in [0.15, 0.2) is 18.2 Å². The number of nitro benzene ring substituents is 1. The number of carbonyl (C=O) groups is 1. The zero-order valence-corrected chi connectivity index (χ0v) is 12.0. The normalized spacial score (nSPS) is 23.7. The first kappa shape index (κ1) is 15.6. The Bertz CT molecular complexity index is 709. The molecule has 1 N–H and O–H groups in total. The SMILES string of the molecule is O=C(NC1CS(=O)(=O)CC1Cl)c1ccc(F)cc1[N+](=O)[O-]. The molecule has 2 unspecified atom stereocenters. The van der Waals surface area contributed by atoms with Crippen LogP contribution >= 0.6 is 11.6 Å². The first-order valence-corrected chi connectivity index (χ1v) is 8.05. The number of carbonyl (C=O) groups excluding carboxylic acids is 1. The summed E-state index contributed by atoms with van der Waals surface area (Å²) in [6.07, 6.45) is 0. The van der Waals surface area contributed by atoms with Crippen LogP contribution in [0.4, 0.5) is 10.1 Å². The molecule has 21 heavy (non-hydrogen) atoms. The van der Waals surface area contributed by atoms with Gasteiger partial charge in [-0.2, -0.15) is 0 Å². The van der Waals surface area contributed by atoms with Gasteiger partial charge in [-0.25, -0.2) is 12.8 Å². The number of rotatable bonds is 3. The van der Waals surface area contributed by atoms with Crippen LogP contribution in [0.2, 0.25) is 0 Å². The Hall–Kier alpha value is -1.74. The fraction of sp³-hybridized carbons (Fsp3) is 0.364. The van der Waals surface area contributed by atoms with Gasteiger partial charge in [-0.05, 0) is 12.1 Å². The molecule has 0 radical (unpaired) electrons. The van der Waals surface area contributed by atoms with Crippen molar-refractivity contribution in [3.63, 3.8) is 0 Å². The highest BCUT2D eigenvalue weighted by atomic mass is 35.5. The third-order valence-corrected chi connectivity index (χ3v) is 5.38. The molecule has 1 saturated heterocycles. The molecular weight excluding hydrogens is 327 g/mol. The molecule has 1 amide bonds. The van der Waals surface area contributed by atoms with Crippen LogP contribution in [0.1, 0.15) is 10.4 Å². The largest absolute Gasteiger partial charge is 0.347 e. The van der Waals surface area contributed by atoms with E-state index in [-0.39, 0.29) is 17.1 Å². The van der Waals surface area contributed by atoms with Gasteiger partial charge in [-0.15, -0.1) is 11.6 Å². The van der Waals surface area contributed by atoms with E-state index in [9.17, 15) is 27.7 Å². The molecule has 2 atom stereocenters. The van der Waals surface area contributed by atoms with E-state index in [1.54, 1.807) is 0 Å². The second kappa shape index (κ2) is 5.57. The second-order valence-corrected chi connectivity index (χ2v) is 7.31. The Kier molecular flexibility index (Phi) is 4.15. The number of nitro groups is 1. The minimum atomic E-state index is -3.35. The number of alkyl halides is 1. The number of nitrogens with one attached hydrogen (secondary N) is 1. The maximum absolute atomic E-state index is 13.0. The summed E-state index contributed by atoms with van der Waals surface area (Å²) >= 11 is 5.83. The fourth-order valence-electron chi connectivity index (χ4n) is 2.03. The van der Waals surface area contributed by atoms with Crippen molar-refractivity contribution in [3.05, 3.63) is 39.7 Å². The van der Waals surface area contributed by atoms with E-state index in [0.717, 1.165) is 12.1 Å². The van der Waals surface area contributed by atoms with Crippen molar-refractivity contribution in [2.45, 2.75) is 11.4 Å². The Labute approximate surface area is 124 Å². The van der Waals surface area contributed by atoms with Crippen LogP contribution < -0.4 is 5.32 Å². The number of hydrogen-bond acceptors (Lipinski definition) is 5. The molecule has 2 rings (SSSR count). The maximum Gasteiger partial charge on any atom is 0.285 e. The number of nitrogens with zero attached hydrogens (tertiary/aromatic N) is 1. The van der Waals surface area contributed by atoms with Gasteiger partial charge in [0.1, 0.15) is 11.4 Å².